The van der Waals surface area contributed by atoms with Gasteiger partial charge in [-0.15, -0.1) is 0 Å². The highest BCUT2D eigenvalue weighted by molar-refractivity contribution is 7.16. The second kappa shape index (κ2) is 10.7. The van der Waals surface area contributed by atoms with Crippen molar-refractivity contribution in [2.24, 2.45) is 0 Å². The van der Waals surface area contributed by atoms with Crippen LogP contribution in [0.25, 0.3) is 4.96 Å². The average Bonchev–Trinajstić information content (AvgIpc) is 3.27. The van der Waals surface area contributed by atoms with Gasteiger partial charge in [-0.05, 0) is 43.5 Å². The van der Waals surface area contributed by atoms with Crippen molar-refractivity contribution in [2.45, 2.75) is 70.8 Å². The Balaban J connectivity index is 1.38. The topological polar surface area (TPSA) is 103 Å². The summed E-state index contributed by atoms with van der Waals surface area (Å²) >= 11 is 1.44. The number of aromatic nitrogens is 3. The van der Waals surface area contributed by atoms with Crippen LogP contribution in [0.4, 0.5) is 5.69 Å². The number of anilines is 1. The highest BCUT2D eigenvalue weighted by Gasteiger charge is 2.21. The molecule has 1 N–H and O–H groups in total. The molecule has 174 valence electrons. The number of carbonyl (C=O) groups excluding carboxylic acids is 2. The molecule has 0 radical (unpaired) electrons. The van der Waals surface area contributed by atoms with Crippen LogP contribution in [0.5, 0.6) is 0 Å². The average molecular weight is 469 g/mol. The quantitative estimate of drug-likeness (QED) is 0.481. The normalized spacial score (nSPS) is 14.3. The van der Waals surface area contributed by atoms with Gasteiger partial charge in [0, 0.05) is 24.1 Å². The molecule has 1 fully saturated rings. The molecule has 3 aromatic rings. The van der Waals surface area contributed by atoms with Gasteiger partial charge in [-0.3, -0.25) is 9.59 Å². The largest absolute Gasteiger partial charge is 0.456 e. The summed E-state index contributed by atoms with van der Waals surface area (Å²) in [7, 11) is 0. The van der Waals surface area contributed by atoms with Crippen LogP contribution in [0.2, 0.25) is 0 Å². The zero-order valence-corrected chi connectivity index (χ0v) is 19.5. The molecule has 0 saturated heterocycles. The number of ether oxygens (including phenoxy) is 1. The van der Waals surface area contributed by atoms with E-state index in [9.17, 15) is 14.4 Å². The third-order valence-electron chi connectivity index (χ3n) is 5.78. The number of unbranched alkanes of at least 4 members (excludes halogenated alkanes) is 1. The number of hydrogen-bond donors (Lipinski definition) is 1. The van der Waals surface area contributed by atoms with Crippen LogP contribution >= 0.6 is 11.3 Å². The van der Waals surface area contributed by atoms with Crippen LogP contribution in [0.3, 0.4) is 0 Å². The van der Waals surface area contributed by atoms with Crippen LogP contribution < -0.4 is 10.9 Å². The van der Waals surface area contributed by atoms with Crippen molar-refractivity contribution in [3.8, 4) is 0 Å². The smallest absolute Gasteiger partial charge is 0.338 e. The van der Waals surface area contributed by atoms with Crippen molar-refractivity contribution in [3.63, 3.8) is 0 Å². The van der Waals surface area contributed by atoms with Crippen LogP contribution in [0, 0.1) is 0 Å². The van der Waals surface area contributed by atoms with E-state index in [1.54, 1.807) is 24.3 Å². The van der Waals surface area contributed by atoms with Gasteiger partial charge in [0.2, 0.25) is 10.9 Å². The predicted molar refractivity (Wildman–Crippen MR) is 127 cm³/mol. The number of amides is 1. The van der Waals surface area contributed by atoms with Crippen LogP contribution in [0.1, 0.15) is 85.3 Å². The zero-order chi connectivity index (χ0) is 23.2. The van der Waals surface area contributed by atoms with Gasteiger partial charge in [-0.2, -0.15) is 9.61 Å². The van der Waals surface area contributed by atoms with E-state index >= 15 is 0 Å². The number of nitrogens with one attached hydrogen (secondary N) is 1. The number of carbonyl (C=O) groups is 2. The van der Waals surface area contributed by atoms with Crippen LogP contribution in [-0.4, -0.2) is 26.5 Å². The Labute approximate surface area is 196 Å². The van der Waals surface area contributed by atoms with Gasteiger partial charge in [0.05, 0.1) is 11.3 Å². The summed E-state index contributed by atoms with van der Waals surface area (Å²) in [6.45, 7) is 1.93. The lowest BCUT2D eigenvalue weighted by atomic mass is 9.90. The Hall–Kier alpha value is -3.07. The molecule has 0 aliphatic heterocycles. The molecule has 0 bridgehead atoms. The van der Waals surface area contributed by atoms with Crippen LogP contribution in [-0.2, 0) is 16.1 Å². The van der Waals surface area contributed by atoms with Gasteiger partial charge >= 0.3 is 5.97 Å². The van der Waals surface area contributed by atoms with Gasteiger partial charge in [-0.1, -0.05) is 43.9 Å². The van der Waals surface area contributed by atoms with E-state index in [1.807, 2.05) is 6.92 Å². The summed E-state index contributed by atoms with van der Waals surface area (Å²) in [6, 6.07) is 7.90. The Morgan fingerprint density at radius 2 is 1.94 bits per heavy atom. The summed E-state index contributed by atoms with van der Waals surface area (Å²) in [6.07, 6.45) is 8.10. The van der Waals surface area contributed by atoms with E-state index in [2.05, 4.69) is 15.4 Å². The van der Waals surface area contributed by atoms with Gasteiger partial charge < -0.3 is 10.1 Å². The monoisotopic (exact) mass is 468 g/mol. The van der Waals surface area contributed by atoms with Crippen molar-refractivity contribution in [2.75, 3.05) is 5.32 Å². The van der Waals surface area contributed by atoms with E-state index in [1.165, 1.54) is 41.2 Å². The predicted octanol–water partition coefficient (Wildman–Crippen LogP) is 4.68. The highest BCUT2D eigenvalue weighted by Crippen LogP contribution is 2.34. The summed E-state index contributed by atoms with van der Waals surface area (Å²) in [5, 5.41) is 8.25. The standard InChI is InChI=1S/C24H28N4O4S/c1-2-3-9-20(29)25-18-12-10-17(11-13-18)23(31)32-15-19-14-21(30)28-24(26-19)33-22(27-28)16-7-5-4-6-8-16/h10-14,16H,2-9,15H2,1H3,(H,25,29). The molecule has 1 aromatic carbocycles. The third-order valence-corrected chi connectivity index (χ3v) is 6.85. The van der Waals surface area contributed by atoms with Gasteiger partial charge in [0.15, 0.2) is 0 Å². The number of benzene rings is 1. The second-order valence-electron chi connectivity index (χ2n) is 8.36. The molecule has 1 saturated carbocycles. The molecule has 8 nitrogen and oxygen atoms in total. The first-order valence-corrected chi connectivity index (χ1v) is 12.3. The molecular weight excluding hydrogens is 440 g/mol. The molecule has 0 spiro atoms. The minimum Gasteiger partial charge on any atom is -0.456 e. The zero-order valence-electron chi connectivity index (χ0n) is 18.7. The molecule has 1 aliphatic rings. The number of esters is 1. The van der Waals surface area contributed by atoms with Gasteiger partial charge in [-0.25, -0.2) is 9.78 Å². The van der Waals surface area contributed by atoms with Crippen molar-refractivity contribution in [3.05, 3.63) is 57.0 Å². The highest BCUT2D eigenvalue weighted by atomic mass is 32.1. The molecule has 9 heteroatoms. The molecular formula is C24H28N4O4S. The van der Waals surface area contributed by atoms with E-state index in [4.69, 9.17) is 4.74 Å². The maximum atomic E-state index is 12.5. The molecule has 0 unspecified atom stereocenters. The SMILES string of the molecule is CCCCC(=O)Nc1ccc(C(=O)OCc2cc(=O)n3nc(C4CCCCC4)sc3n2)cc1. The summed E-state index contributed by atoms with van der Waals surface area (Å²) in [4.78, 5) is 41.7. The van der Waals surface area contributed by atoms with E-state index in [0.717, 1.165) is 30.7 Å². The lowest BCUT2D eigenvalue weighted by Gasteiger charge is -2.18. The van der Waals surface area contributed by atoms with E-state index in [0.29, 0.717) is 34.2 Å². The number of fused-ring (bicyclic) bond motifs is 1. The minimum atomic E-state index is -0.520. The number of rotatable bonds is 8. The molecule has 33 heavy (non-hydrogen) atoms. The third kappa shape index (κ3) is 5.84. The first-order chi connectivity index (χ1) is 16.0. The lowest BCUT2D eigenvalue weighted by molar-refractivity contribution is -0.116. The summed E-state index contributed by atoms with van der Waals surface area (Å²) in [5.74, 6) is -0.173. The fourth-order valence-electron chi connectivity index (χ4n) is 3.93. The summed E-state index contributed by atoms with van der Waals surface area (Å²) < 4.78 is 6.70. The fourth-order valence-corrected chi connectivity index (χ4v) is 5.02. The summed E-state index contributed by atoms with van der Waals surface area (Å²) in [5.41, 5.74) is 1.11. The Kier molecular flexibility index (Phi) is 7.49. The molecule has 1 amide bonds. The van der Waals surface area contributed by atoms with Crippen molar-refractivity contribution < 1.29 is 14.3 Å². The molecule has 2 heterocycles. The first kappa shape index (κ1) is 23.1. The van der Waals surface area contributed by atoms with Gasteiger partial charge in [0.1, 0.15) is 11.6 Å². The van der Waals surface area contributed by atoms with Crippen molar-refractivity contribution in [1.82, 2.24) is 14.6 Å². The first-order valence-electron chi connectivity index (χ1n) is 11.5. The molecule has 2 aromatic heterocycles. The molecule has 1 aliphatic carbocycles. The molecule has 0 atom stereocenters. The van der Waals surface area contributed by atoms with E-state index < -0.39 is 5.97 Å². The second-order valence-corrected chi connectivity index (χ2v) is 9.35. The molecule has 4 rings (SSSR count). The fraction of sp³-hybridized carbons (Fsp3) is 0.458. The Morgan fingerprint density at radius 1 is 1.18 bits per heavy atom. The van der Waals surface area contributed by atoms with Crippen molar-refractivity contribution >= 4 is 33.9 Å². The van der Waals surface area contributed by atoms with Gasteiger partial charge in [0.25, 0.3) is 5.56 Å². The number of nitrogens with zero attached hydrogens (tertiary/aromatic N) is 3. The minimum absolute atomic E-state index is 0.0466. The maximum Gasteiger partial charge on any atom is 0.338 e. The maximum absolute atomic E-state index is 12.5. The van der Waals surface area contributed by atoms with Crippen LogP contribution in [0.15, 0.2) is 35.1 Å². The lowest BCUT2D eigenvalue weighted by Crippen LogP contribution is -2.17. The Bertz CT molecular complexity index is 1180. The van der Waals surface area contributed by atoms with Crippen molar-refractivity contribution in [1.29, 1.82) is 0 Å². The Morgan fingerprint density at radius 3 is 2.67 bits per heavy atom. The van der Waals surface area contributed by atoms with E-state index in [-0.39, 0.29) is 18.1 Å². The number of hydrogen-bond acceptors (Lipinski definition) is 7.